The van der Waals surface area contributed by atoms with Crippen molar-refractivity contribution in [3.05, 3.63) is 90.0 Å². The lowest BCUT2D eigenvalue weighted by atomic mass is 9.99. The standard InChI is InChI=1S/C34H36F4N6O2S/c1-22(2)29-20-26(35)11-16-30(29)44-23(3)17-19-47-33(44)41-32(45)39-18-5-4-6-24-7-9-25(10-8-24)31-40-21-43(42-31)27-12-14-28(15-13-27)46-34(36,37)38/h7-16,20-23H,4-6,17-19H2,1-3H3,(H,39,45)/b41-33-. The summed E-state index contributed by atoms with van der Waals surface area (Å²) in [6.45, 7) is 6.64. The van der Waals surface area contributed by atoms with E-state index in [4.69, 9.17) is 0 Å². The highest BCUT2D eigenvalue weighted by molar-refractivity contribution is 8.14. The van der Waals surface area contributed by atoms with Crippen LogP contribution < -0.4 is 15.0 Å². The highest BCUT2D eigenvalue weighted by atomic mass is 32.2. The average Bonchev–Trinajstić information content (AvgIpc) is 3.52. The van der Waals surface area contributed by atoms with Crippen LogP contribution >= 0.6 is 11.8 Å². The summed E-state index contributed by atoms with van der Waals surface area (Å²) in [6, 6.07) is 17.8. The number of alkyl halides is 3. The number of nitrogens with one attached hydrogen (secondary N) is 1. The number of anilines is 1. The predicted octanol–water partition coefficient (Wildman–Crippen LogP) is 8.52. The molecule has 47 heavy (non-hydrogen) atoms. The molecule has 8 nitrogen and oxygen atoms in total. The molecule has 2 amide bonds. The number of carbonyl (C=O) groups excluding carboxylic acids is 1. The quantitative estimate of drug-likeness (QED) is 0.135. The molecule has 1 fully saturated rings. The SMILES string of the molecule is CC(C)c1cc(F)ccc1N1/C(=N/C(=O)NCCCCc2ccc(-c3ncn(-c4ccc(OC(F)(F)F)cc4)n3)cc2)SCCC1C. The maximum absolute atomic E-state index is 14.0. The Labute approximate surface area is 275 Å². The number of hydrogen-bond donors (Lipinski definition) is 1. The van der Waals surface area contributed by atoms with Gasteiger partial charge in [-0.2, -0.15) is 4.99 Å². The number of aromatic nitrogens is 3. The van der Waals surface area contributed by atoms with Crippen LogP contribution in [-0.4, -0.2) is 50.7 Å². The Balaban J connectivity index is 1.10. The summed E-state index contributed by atoms with van der Waals surface area (Å²) < 4.78 is 56.7. The van der Waals surface area contributed by atoms with Gasteiger partial charge in [-0.25, -0.2) is 18.9 Å². The molecule has 4 aromatic rings. The number of rotatable bonds is 10. The minimum absolute atomic E-state index is 0.117. The number of aryl methyl sites for hydroxylation is 1. The molecular weight excluding hydrogens is 632 g/mol. The van der Waals surface area contributed by atoms with Gasteiger partial charge in [0, 0.05) is 29.6 Å². The van der Waals surface area contributed by atoms with Gasteiger partial charge in [0.2, 0.25) is 0 Å². The first-order chi connectivity index (χ1) is 22.5. The van der Waals surface area contributed by atoms with E-state index in [0.717, 1.165) is 53.8 Å². The van der Waals surface area contributed by atoms with Crippen molar-refractivity contribution in [2.24, 2.45) is 4.99 Å². The van der Waals surface area contributed by atoms with Gasteiger partial charge in [-0.05, 0) is 92.1 Å². The third-order valence-corrected chi connectivity index (χ3v) is 8.68. The zero-order valence-corrected chi connectivity index (χ0v) is 27.1. The van der Waals surface area contributed by atoms with Crippen molar-refractivity contribution in [3.63, 3.8) is 0 Å². The van der Waals surface area contributed by atoms with Crippen molar-refractivity contribution in [3.8, 4) is 22.8 Å². The molecule has 1 N–H and O–H groups in total. The van der Waals surface area contributed by atoms with Crippen LogP contribution in [-0.2, 0) is 6.42 Å². The molecule has 0 spiro atoms. The van der Waals surface area contributed by atoms with Crippen LogP contribution in [0.15, 0.2) is 78.0 Å². The first-order valence-corrected chi connectivity index (χ1v) is 16.4. The van der Waals surface area contributed by atoms with Crippen molar-refractivity contribution in [2.45, 2.75) is 64.8 Å². The Kier molecular flexibility index (Phi) is 10.8. The lowest BCUT2D eigenvalue weighted by Gasteiger charge is -2.37. The molecule has 3 aromatic carbocycles. The summed E-state index contributed by atoms with van der Waals surface area (Å²) in [4.78, 5) is 23.6. The molecule has 0 bridgehead atoms. The van der Waals surface area contributed by atoms with Crippen LogP contribution in [0, 0.1) is 5.82 Å². The number of amides is 2. The summed E-state index contributed by atoms with van der Waals surface area (Å²) in [5.74, 6) is 0.874. The van der Waals surface area contributed by atoms with Crippen LogP contribution in [0.2, 0.25) is 0 Å². The largest absolute Gasteiger partial charge is 0.573 e. The third kappa shape index (κ3) is 9.12. The van der Waals surface area contributed by atoms with Gasteiger partial charge in [0.1, 0.15) is 17.9 Å². The molecule has 1 unspecified atom stereocenters. The van der Waals surface area contributed by atoms with Gasteiger partial charge >= 0.3 is 12.4 Å². The number of hydrogen-bond acceptors (Lipinski definition) is 5. The minimum Gasteiger partial charge on any atom is -0.406 e. The first kappa shape index (κ1) is 34.0. The Hall–Kier alpha value is -4.39. The molecule has 1 aromatic heterocycles. The van der Waals surface area contributed by atoms with Gasteiger partial charge in [-0.15, -0.1) is 18.3 Å². The van der Waals surface area contributed by atoms with E-state index in [2.05, 4.69) is 37.0 Å². The first-order valence-electron chi connectivity index (χ1n) is 15.4. The second-order valence-corrected chi connectivity index (χ2v) is 12.6. The molecule has 0 radical (unpaired) electrons. The van der Waals surface area contributed by atoms with E-state index in [9.17, 15) is 22.4 Å². The van der Waals surface area contributed by atoms with Gasteiger partial charge in [0.15, 0.2) is 11.0 Å². The number of halogens is 4. The molecular formula is C34H36F4N6O2S. The lowest BCUT2D eigenvalue weighted by Crippen LogP contribution is -2.42. The van der Waals surface area contributed by atoms with Crippen molar-refractivity contribution in [1.82, 2.24) is 20.1 Å². The average molecular weight is 669 g/mol. The summed E-state index contributed by atoms with van der Waals surface area (Å²) in [5, 5.41) is 7.98. The second kappa shape index (κ2) is 15.0. The summed E-state index contributed by atoms with van der Waals surface area (Å²) in [5.41, 5.74) is 4.25. The molecule has 13 heteroatoms. The second-order valence-electron chi connectivity index (χ2n) is 11.5. The van der Waals surface area contributed by atoms with Crippen molar-refractivity contribution in [1.29, 1.82) is 0 Å². The predicted molar refractivity (Wildman–Crippen MR) is 177 cm³/mol. The zero-order chi connectivity index (χ0) is 33.6. The third-order valence-electron chi connectivity index (χ3n) is 7.69. The summed E-state index contributed by atoms with van der Waals surface area (Å²) >= 11 is 1.54. The van der Waals surface area contributed by atoms with Gasteiger partial charge in [-0.1, -0.05) is 49.9 Å². The van der Waals surface area contributed by atoms with E-state index in [1.54, 1.807) is 12.1 Å². The maximum atomic E-state index is 14.0. The monoisotopic (exact) mass is 668 g/mol. The number of unbranched alkanes of at least 4 members (excludes halogenated alkanes) is 1. The van der Waals surface area contributed by atoms with Crippen LogP contribution in [0.5, 0.6) is 5.75 Å². The van der Waals surface area contributed by atoms with Gasteiger partial charge < -0.3 is 15.0 Å². The molecule has 1 saturated heterocycles. The molecule has 1 aliphatic heterocycles. The van der Waals surface area contributed by atoms with Crippen molar-refractivity contribution >= 4 is 28.6 Å². The van der Waals surface area contributed by atoms with Gasteiger partial charge in [0.25, 0.3) is 0 Å². The minimum atomic E-state index is -4.75. The van der Waals surface area contributed by atoms with Crippen LogP contribution in [0.3, 0.4) is 0 Å². The topological polar surface area (TPSA) is 84.6 Å². The van der Waals surface area contributed by atoms with E-state index >= 15 is 0 Å². The van der Waals surface area contributed by atoms with Crippen LogP contribution in [0.4, 0.5) is 28.0 Å². The van der Waals surface area contributed by atoms with E-state index < -0.39 is 6.36 Å². The fourth-order valence-electron chi connectivity index (χ4n) is 5.26. The molecule has 1 aliphatic rings. The molecule has 0 aliphatic carbocycles. The fourth-order valence-corrected chi connectivity index (χ4v) is 6.46. The zero-order valence-electron chi connectivity index (χ0n) is 26.3. The smallest absolute Gasteiger partial charge is 0.406 e. The number of nitrogens with zero attached hydrogens (tertiary/aromatic N) is 5. The fraction of sp³-hybridized carbons (Fsp3) is 0.353. The van der Waals surface area contributed by atoms with Crippen LogP contribution in [0.1, 0.15) is 57.1 Å². The number of carbonyl (C=O) groups is 1. The Morgan fingerprint density at radius 1 is 1.09 bits per heavy atom. The number of benzene rings is 3. The molecule has 1 atom stereocenters. The van der Waals surface area contributed by atoms with E-state index in [1.165, 1.54) is 53.1 Å². The van der Waals surface area contributed by atoms with Gasteiger partial charge in [-0.3, -0.25) is 0 Å². The normalized spacial score (nSPS) is 16.1. The van der Waals surface area contributed by atoms with Crippen molar-refractivity contribution < 1.29 is 27.1 Å². The summed E-state index contributed by atoms with van der Waals surface area (Å²) in [7, 11) is 0. The number of aliphatic imine (C=N–C) groups is 1. The number of thioether (sulfide) groups is 1. The maximum Gasteiger partial charge on any atom is 0.573 e. The number of ether oxygens (including phenoxy) is 1. The van der Waals surface area contributed by atoms with E-state index in [0.29, 0.717) is 23.2 Å². The summed E-state index contributed by atoms with van der Waals surface area (Å²) in [6.07, 6.45) is 0.146. The molecule has 248 valence electrons. The molecule has 0 saturated carbocycles. The number of urea groups is 1. The van der Waals surface area contributed by atoms with E-state index in [-0.39, 0.29) is 29.6 Å². The Bertz CT molecular complexity index is 1690. The van der Waals surface area contributed by atoms with Gasteiger partial charge in [0.05, 0.1) is 5.69 Å². The molecule has 2 heterocycles. The molecule has 5 rings (SSSR count). The Morgan fingerprint density at radius 2 is 1.83 bits per heavy atom. The Morgan fingerprint density at radius 3 is 2.53 bits per heavy atom. The highest BCUT2D eigenvalue weighted by Crippen LogP contribution is 2.35. The highest BCUT2D eigenvalue weighted by Gasteiger charge is 2.31. The van der Waals surface area contributed by atoms with Crippen molar-refractivity contribution in [2.75, 3.05) is 17.2 Å². The lowest BCUT2D eigenvalue weighted by molar-refractivity contribution is -0.274. The number of amidine groups is 1. The van der Waals surface area contributed by atoms with E-state index in [1.807, 2.05) is 38.1 Å². The van der Waals surface area contributed by atoms with Crippen LogP contribution in [0.25, 0.3) is 17.1 Å².